The second kappa shape index (κ2) is 7.29. The van der Waals surface area contributed by atoms with Gasteiger partial charge in [-0.1, -0.05) is 29.8 Å². The summed E-state index contributed by atoms with van der Waals surface area (Å²) in [5.41, 5.74) is 7.57. The molecule has 1 N–H and O–H groups in total. The Kier molecular flexibility index (Phi) is 4.59. The van der Waals surface area contributed by atoms with Gasteiger partial charge in [-0.05, 0) is 39.0 Å². The number of hydrogen-bond acceptors (Lipinski definition) is 3. The van der Waals surface area contributed by atoms with Gasteiger partial charge >= 0.3 is 5.69 Å². The van der Waals surface area contributed by atoms with Gasteiger partial charge in [-0.2, -0.15) is 0 Å². The minimum atomic E-state index is 0.0581. The van der Waals surface area contributed by atoms with E-state index in [0.29, 0.717) is 19.1 Å². The lowest BCUT2D eigenvalue weighted by atomic mass is 10.0. The van der Waals surface area contributed by atoms with E-state index in [-0.39, 0.29) is 5.69 Å². The Morgan fingerprint density at radius 2 is 1.77 bits per heavy atom. The molecule has 1 saturated heterocycles. The molecule has 1 aliphatic rings. The average molecular weight is 402 g/mol. The zero-order valence-corrected chi connectivity index (χ0v) is 17.7. The Labute approximate surface area is 175 Å². The first kappa shape index (κ1) is 18.9. The number of fused-ring (bicyclic) bond motifs is 1. The summed E-state index contributed by atoms with van der Waals surface area (Å²) in [5.74, 6) is 0. The maximum atomic E-state index is 12.8. The molecule has 2 aromatic heterocycles. The second-order valence-corrected chi connectivity index (χ2v) is 8.01. The van der Waals surface area contributed by atoms with Gasteiger partial charge in [0, 0.05) is 37.3 Å². The molecule has 4 aromatic rings. The third-order valence-corrected chi connectivity index (χ3v) is 6.16. The smallest absolute Gasteiger partial charge is 0.324 e. The SMILES string of the molecule is CCn1c(=O)n(CC)c2cc(-c3c(-c4cccc(C)c4)ncn3C3CNC3)ccc21. The van der Waals surface area contributed by atoms with E-state index in [4.69, 9.17) is 4.98 Å². The van der Waals surface area contributed by atoms with Gasteiger partial charge in [0.15, 0.2) is 0 Å². The van der Waals surface area contributed by atoms with Crippen molar-refractivity contribution < 1.29 is 0 Å². The molecule has 6 nitrogen and oxygen atoms in total. The highest BCUT2D eigenvalue weighted by Gasteiger charge is 2.25. The van der Waals surface area contributed by atoms with Crippen molar-refractivity contribution >= 4 is 11.0 Å². The quantitative estimate of drug-likeness (QED) is 0.553. The number of nitrogens with one attached hydrogen (secondary N) is 1. The van der Waals surface area contributed by atoms with E-state index in [2.05, 4.69) is 59.3 Å². The van der Waals surface area contributed by atoms with Gasteiger partial charge in [-0.25, -0.2) is 9.78 Å². The zero-order chi connectivity index (χ0) is 20.8. The summed E-state index contributed by atoms with van der Waals surface area (Å²) in [4.78, 5) is 17.6. The van der Waals surface area contributed by atoms with Crippen molar-refractivity contribution in [3.8, 4) is 22.5 Å². The van der Waals surface area contributed by atoms with Crippen LogP contribution in [-0.4, -0.2) is 31.8 Å². The molecule has 0 bridgehead atoms. The van der Waals surface area contributed by atoms with Crippen molar-refractivity contribution in [2.45, 2.75) is 39.9 Å². The van der Waals surface area contributed by atoms with E-state index in [9.17, 15) is 4.79 Å². The molecule has 30 heavy (non-hydrogen) atoms. The van der Waals surface area contributed by atoms with Gasteiger partial charge in [-0.15, -0.1) is 0 Å². The van der Waals surface area contributed by atoms with E-state index < -0.39 is 0 Å². The summed E-state index contributed by atoms with van der Waals surface area (Å²) in [7, 11) is 0. The van der Waals surface area contributed by atoms with Crippen LogP contribution >= 0.6 is 0 Å². The molecule has 0 aliphatic carbocycles. The molecular formula is C24H27N5O. The molecule has 0 unspecified atom stereocenters. The largest absolute Gasteiger partial charge is 0.329 e. The number of nitrogens with zero attached hydrogens (tertiary/aromatic N) is 4. The van der Waals surface area contributed by atoms with Crippen LogP contribution < -0.4 is 11.0 Å². The molecule has 154 valence electrons. The van der Waals surface area contributed by atoms with Crippen LogP contribution in [0.1, 0.15) is 25.5 Å². The molecular weight excluding hydrogens is 374 g/mol. The summed E-state index contributed by atoms with van der Waals surface area (Å²) >= 11 is 0. The predicted molar refractivity (Wildman–Crippen MR) is 121 cm³/mol. The molecule has 1 aliphatic heterocycles. The monoisotopic (exact) mass is 401 g/mol. The first-order valence-corrected chi connectivity index (χ1v) is 10.7. The third kappa shape index (κ3) is 2.82. The first-order valence-electron chi connectivity index (χ1n) is 10.7. The van der Waals surface area contributed by atoms with Crippen molar-refractivity contribution in [2.24, 2.45) is 0 Å². The Hall–Kier alpha value is -3.12. The van der Waals surface area contributed by atoms with Crippen molar-refractivity contribution in [1.29, 1.82) is 0 Å². The van der Waals surface area contributed by atoms with Crippen LogP contribution in [-0.2, 0) is 13.1 Å². The van der Waals surface area contributed by atoms with Gasteiger partial charge in [0.1, 0.15) is 0 Å². The molecule has 0 atom stereocenters. The van der Waals surface area contributed by atoms with Crippen molar-refractivity contribution in [2.75, 3.05) is 13.1 Å². The number of benzene rings is 2. The third-order valence-electron chi connectivity index (χ3n) is 6.16. The molecule has 6 heteroatoms. The Morgan fingerprint density at radius 1 is 1.00 bits per heavy atom. The normalized spacial score (nSPS) is 14.4. The Balaban J connectivity index is 1.76. The standard InChI is InChI=1S/C24H27N5O/c1-4-27-20-10-9-18(12-21(20)28(5-2)24(27)30)23-22(17-8-6-7-16(3)11-17)26-15-29(23)19-13-25-14-19/h6-12,15,19,25H,4-5,13-14H2,1-3H3. The van der Waals surface area contributed by atoms with Crippen LogP contribution in [0.4, 0.5) is 0 Å². The van der Waals surface area contributed by atoms with Gasteiger partial charge in [0.2, 0.25) is 0 Å². The maximum Gasteiger partial charge on any atom is 0.329 e. The lowest BCUT2D eigenvalue weighted by molar-refractivity contribution is 0.346. The maximum absolute atomic E-state index is 12.8. The van der Waals surface area contributed by atoms with E-state index in [1.807, 2.05) is 29.3 Å². The summed E-state index contributed by atoms with van der Waals surface area (Å²) in [5, 5.41) is 3.37. The average Bonchev–Trinajstić information content (AvgIpc) is 3.24. The topological polar surface area (TPSA) is 56.8 Å². The summed E-state index contributed by atoms with van der Waals surface area (Å²) in [6, 6.07) is 15.3. The van der Waals surface area contributed by atoms with Crippen LogP contribution in [0, 0.1) is 6.92 Å². The van der Waals surface area contributed by atoms with E-state index in [1.54, 1.807) is 0 Å². The van der Waals surface area contributed by atoms with Crippen LogP contribution in [0.15, 0.2) is 53.6 Å². The number of imidazole rings is 2. The lowest BCUT2D eigenvalue weighted by Crippen LogP contribution is -2.43. The fourth-order valence-corrected chi connectivity index (χ4v) is 4.48. The molecule has 0 radical (unpaired) electrons. The Bertz CT molecular complexity index is 1290. The predicted octanol–water partition coefficient (Wildman–Crippen LogP) is 3.83. The highest BCUT2D eigenvalue weighted by atomic mass is 16.1. The summed E-state index contributed by atoms with van der Waals surface area (Å²) in [6.45, 7) is 9.37. The van der Waals surface area contributed by atoms with Crippen LogP contribution in [0.2, 0.25) is 0 Å². The Morgan fingerprint density at radius 3 is 2.43 bits per heavy atom. The lowest BCUT2D eigenvalue weighted by Gasteiger charge is -2.30. The molecule has 0 amide bonds. The fraction of sp³-hybridized carbons (Fsp3) is 0.333. The van der Waals surface area contributed by atoms with Crippen LogP contribution in [0.25, 0.3) is 33.5 Å². The molecule has 3 heterocycles. The van der Waals surface area contributed by atoms with Crippen molar-refractivity contribution in [3.63, 3.8) is 0 Å². The number of aromatic nitrogens is 4. The van der Waals surface area contributed by atoms with Gasteiger partial charge in [0.05, 0.1) is 34.8 Å². The molecule has 1 fully saturated rings. The molecule has 2 aromatic carbocycles. The molecule has 0 saturated carbocycles. The van der Waals surface area contributed by atoms with Crippen LogP contribution in [0.3, 0.4) is 0 Å². The number of hydrogen-bond donors (Lipinski definition) is 1. The van der Waals surface area contributed by atoms with Gasteiger partial charge < -0.3 is 9.88 Å². The molecule has 5 rings (SSSR count). The minimum Gasteiger partial charge on any atom is -0.324 e. The highest BCUT2D eigenvalue weighted by molar-refractivity contribution is 5.86. The van der Waals surface area contributed by atoms with Crippen molar-refractivity contribution in [1.82, 2.24) is 24.0 Å². The van der Waals surface area contributed by atoms with Gasteiger partial charge in [0.25, 0.3) is 0 Å². The first-order chi connectivity index (χ1) is 14.6. The summed E-state index contributed by atoms with van der Waals surface area (Å²) in [6.07, 6.45) is 1.97. The summed E-state index contributed by atoms with van der Waals surface area (Å²) < 4.78 is 6.00. The zero-order valence-electron chi connectivity index (χ0n) is 17.7. The minimum absolute atomic E-state index is 0.0581. The van der Waals surface area contributed by atoms with E-state index in [0.717, 1.165) is 46.6 Å². The van der Waals surface area contributed by atoms with Crippen molar-refractivity contribution in [3.05, 3.63) is 64.8 Å². The van der Waals surface area contributed by atoms with Crippen LogP contribution in [0.5, 0.6) is 0 Å². The number of aryl methyl sites for hydroxylation is 3. The highest BCUT2D eigenvalue weighted by Crippen LogP contribution is 2.35. The van der Waals surface area contributed by atoms with E-state index >= 15 is 0 Å². The molecule has 0 spiro atoms. The van der Waals surface area contributed by atoms with Gasteiger partial charge in [-0.3, -0.25) is 9.13 Å². The van der Waals surface area contributed by atoms with E-state index in [1.165, 1.54) is 5.56 Å². The fourth-order valence-electron chi connectivity index (χ4n) is 4.48. The number of rotatable bonds is 5. The second-order valence-electron chi connectivity index (χ2n) is 8.01.